The summed E-state index contributed by atoms with van der Waals surface area (Å²) in [7, 11) is 0. The SMILES string of the molecule is CCCCC1(Sc2ccccc2)CC1. The predicted octanol–water partition coefficient (Wildman–Crippen LogP) is 4.50. The summed E-state index contributed by atoms with van der Waals surface area (Å²) in [5, 5.41) is 0. The van der Waals surface area contributed by atoms with Crippen LogP contribution >= 0.6 is 11.8 Å². The van der Waals surface area contributed by atoms with Crippen molar-refractivity contribution in [3.63, 3.8) is 0 Å². The van der Waals surface area contributed by atoms with Gasteiger partial charge in [-0.2, -0.15) is 0 Å². The van der Waals surface area contributed by atoms with Crippen LogP contribution in [0.15, 0.2) is 35.2 Å². The van der Waals surface area contributed by atoms with Gasteiger partial charge in [0.1, 0.15) is 0 Å². The molecule has 0 bridgehead atoms. The van der Waals surface area contributed by atoms with Crippen molar-refractivity contribution in [1.29, 1.82) is 0 Å². The van der Waals surface area contributed by atoms with E-state index in [9.17, 15) is 0 Å². The van der Waals surface area contributed by atoms with E-state index >= 15 is 0 Å². The minimum absolute atomic E-state index is 0.622. The number of hydrogen-bond acceptors (Lipinski definition) is 1. The Morgan fingerprint density at radius 2 is 1.93 bits per heavy atom. The van der Waals surface area contributed by atoms with Crippen LogP contribution < -0.4 is 0 Å². The molecule has 14 heavy (non-hydrogen) atoms. The van der Waals surface area contributed by atoms with Crippen molar-refractivity contribution in [2.24, 2.45) is 0 Å². The van der Waals surface area contributed by atoms with Crippen LogP contribution in [0.5, 0.6) is 0 Å². The second-order valence-corrected chi connectivity index (χ2v) is 5.74. The Balaban J connectivity index is 1.91. The third-order valence-electron chi connectivity index (χ3n) is 2.87. The molecule has 0 spiro atoms. The molecule has 1 aliphatic carbocycles. The van der Waals surface area contributed by atoms with E-state index in [2.05, 4.69) is 49.0 Å². The summed E-state index contributed by atoms with van der Waals surface area (Å²) < 4.78 is 0.622. The molecule has 2 rings (SSSR count). The van der Waals surface area contributed by atoms with Gasteiger partial charge in [-0.15, -0.1) is 11.8 Å². The Kier molecular flexibility index (Phi) is 3.17. The number of benzene rings is 1. The van der Waals surface area contributed by atoms with Crippen LogP contribution in [-0.4, -0.2) is 4.75 Å². The van der Waals surface area contributed by atoms with Crippen molar-refractivity contribution in [2.75, 3.05) is 0 Å². The maximum atomic E-state index is 2.28. The number of thioether (sulfide) groups is 1. The monoisotopic (exact) mass is 206 g/mol. The Labute approximate surface area is 91.1 Å². The summed E-state index contributed by atoms with van der Waals surface area (Å²) >= 11 is 2.10. The fourth-order valence-corrected chi connectivity index (χ4v) is 3.13. The van der Waals surface area contributed by atoms with Crippen molar-refractivity contribution in [2.45, 2.75) is 48.7 Å². The summed E-state index contributed by atoms with van der Waals surface area (Å²) in [6.45, 7) is 2.28. The van der Waals surface area contributed by atoms with Gasteiger partial charge in [0.2, 0.25) is 0 Å². The lowest BCUT2D eigenvalue weighted by Gasteiger charge is -2.13. The molecule has 0 amide bonds. The fourth-order valence-electron chi connectivity index (χ4n) is 1.78. The summed E-state index contributed by atoms with van der Waals surface area (Å²) in [4.78, 5) is 1.45. The second-order valence-electron chi connectivity index (χ2n) is 4.20. The van der Waals surface area contributed by atoms with Gasteiger partial charge in [-0.25, -0.2) is 0 Å². The van der Waals surface area contributed by atoms with Gasteiger partial charge in [-0.05, 0) is 31.4 Å². The van der Waals surface area contributed by atoms with Crippen LogP contribution in [0.2, 0.25) is 0 Å². The average molecular weight is 206 g/mol. The molecule has 0 atom stereocenters. The maximum Gasteiger partial charge on any atom is 0.0208 e. The summed E-state index contributed by atoms with van der Waals surface area (Å²) in [5.41, 5.74) is 0. The fraction of sp³-hybridized carbons (Fsp3) is 0.538. The quantitative estimate of drug-likeness (QED) is 0.683. The Hall–Kier alpha value is -0.430. The molecule has 0 aliphatic heterocycles. The van der Waals surface area contributed by atoms with Crippen molar-refractivity contribution >= 4 is 11.8 Å². The molecular weight excluding hydrogens is 188 g/mol. The van der Waals surface area contributed by atoms with Crippen molar-refractivity contribution in [1.82, 2.24) is 0 Å². The van der Waals surface area contributed by atoms with Crippen LogP contribution in [0, 0.1) is 0 Å². The molecule has 1 aromatic rings. The molecule has 0 saturated heterocycles. The smallest absolute Gasteiger partial charge is 0.0208 e. The first-order valence-corrected chi connectivity index (χ1v) is 6.40. The Bertz CT molecular complexity index is 275. The van der Waals surface area contributed by atoms with Gasteiger partial charge in [-0.1, -0.05) is 38.0 Å². The van der Waals surface area contributed by atoms with Gasteiger partial charge >= 0.3 is 0 Å². The lowest BCUT2D eigenvalue weighted by atomic mass is 10.2. The molecule has 1 aromatic carbocycles. The van der Waals surface area contributed by atoms with E-state index in [1.807, 2.05) is 0 Å². The zero-order valence-electron chi connectivity index (χ0n) is 8.83. The molecule has 0 N–H and O–H groups in total. The number of unbranched alkanes of at least 4 members (excludes halogenated alkanes) is 1. The Morgan fingerprint density at radius 3 is 2.50 bits per heavy atom. The highest BCUT2D eigenvalue weighted by molar-refractivity contribution is 8.01. The van der Waals surface area contributed by atoms with Crippen molar-refractivity contribution < 1.29 is 0 Å². The molecule has 0 heterocycles. The standard InChI is InChI=1S/C13H18S/c1-2-3-9-13(10-11-13)14-12-7-5-4-6-8-12/h4-8H,2-3,9-11H2,1H3. The third-order valence-corrected chi connectivity index (χ3v) is 4.42. The van der Waals surface area contributed by atoms with E-state index < -0.39 is 0 Å². The van der Waals surface area contributed by atoms with Crippen LogP contribution in [-0.2, 0) is 0 Å². The minimum atomic E-state index is 0.622. The molecule has 0 aromatic heterocycles. The summed E-state index contributed by atoms with van der Waals surface area (Å²) in [5.74, 6) is 0. The highest BCUT2D eigenvalue weighted by atomic mass is 32.2. The second kappa shape index (κ2) is 4.39. The van der Waals surface area contributed by atoms with E-state index in [0.29, 0.717) is 4.75 Å². The van der Waals surface area contributed by atoms with Crippen LogP contribution in [0.4, 0.5) is 0 Å². The van der Waals surface area contributed by atoms with E-state index in [-0.39, 0.29) is 0 Å². The topological polar surface area (TPSA) is 0 Å². The molecule has 0 unspecified atom stereocenters. The van der Waals surface area contributed by atoms with E-state index in [1.165, 1.54) is 37.0 Å². The van der Waals surface area contributed by atoms with Crippen molar-refractivity contribution in [3.8, 4) is 0 Å². The molecule has 1 aliphatic rings. The van der Waals surface area contributed by atoms with Gasteiger partial charge in [0.15, 0.2) is 0 Å². The van der Waals surface area contributed by atoms with Crippen molar-refractivity contribution in [3.05, 3.63) is 30.3 Å². The van der Waals surface area contributed by atoms with Crippen LogP contribution in [0.25, 0.3) is 0 Å². The first kappa shape index (κ1) is 10.1. The first-order valence-electron chi connectivity index (χ1n) is 5.59. The van der Waals surface area contributed by atoms with Gasteiger partial charge in [-0.3, -0.25) is 0 Å². The molecular formula is C13H18S. The third kappa shape index (κ3) is 2.54. The normalized spacial score (nSPS) is 18.1. The van der Waals surface area contributed by atoms with E-state index in [4.69, 9.17) is 0 Å². The first-order chi connectivity index (χ1) is 6.85. The van der Waals surface area contributed by atoms with Gasteiger partial charge in [0.25, 0.3) is 0 Å². The van der Waals surface area contributed by atoms with Gasteiger partial charge < -0.3 is 0 Å². The molecule has 76 valence electrons. The predicted molar refractivity (Wildman–Crippen MR) is 63.8 cm³/mol. The zero-order chi connectivity index (χ0) is 9.86. The molecule has 1 saturated carbocycles. The molecule has 1 fully saturated rings. The summed E-state index contributed by atoms with van der Waals surface area (Å²) in [6, 6.07) is 10.8. The average Bonchev–Trinajstić information content (AvgIpc) is 2.97. The van der Waals surface area contributed by atoms with E-state index in [1.54, 1.807) is 0 Å². The molecule has 1 heteroatoms. The van der Waals surface area contributed by atoms with Crippen LogP contribution in [0.3, 0.4) is 0 Å². The molecule has 0 radical (unpaired) electrons. The zero-order valence-corrected chi connectivity index (χ0v) is 9.65. The lowest BCUT2D eigenvalue weighted by Crippen LogP contribution is -2.01. The highest BCUT2D eigenvalue weighted by Crippen LogP contribution is 2.54. The van der Waals surface area contributed by atoms with Crippen LogP contribution in [0.1, 0.15) is 39.0 Å². The molecule has 0 nitrogen and oxygen atoms in total. The number of rotatable bonds is 5. The summed E-state index contributed by atoms with van der Waals surface area (Å²) in [6.07, 6.45) is 6.97. The van der Waals surface area contributed by atoms with Gasteiger partial charge in [0, 0.05) is 9.64 Å². The highest BCUT2D eigenvalue weighted by Gasteiger charge is 2.42. The number of hydrogen-bond donors (Lipinski definition) is 0. The largest absolute Gasteiger partial charge is 0.119 e. The lowest BCUT2D eigenvalue weighted by molar-refractivity contribution is 0.685. The Morgan fingerprint density at radius 1 is 1.21 bits per heavy atom. The minimum Gasteiger partial charge on any atom is -0.119 e. The van der Waals surface area contributed by atoms with Gasteiger partial charge in [0.05, 0.1) is 0 Å². The maximum absolute atomic E-state index is 2.28. The van der Waals surface area contributed by atoms with E-state index in [0.717, 1.165) is 0 Å².